The summed E-state index contributed by atoms with van der Waals surface area (Å²) in [6.07, 6.45) is 1.47. The molecular weight excluding hydrogens is 329 g/mol. The maximum absolute atomic E-state index is 14.3. The van der Waals surface area contributed by atoms with Crippen LogP contribution in [0.15, 0.2) is 12.1 Å². The maximum Gasteiger partial charge on any atom is 0.338 e. The van der Waals surface area contributed by atoms with Crippen molar-refractivity contribution in [3.63, 3.8) is 0 Å². The number of nitrogens with one attached hydrogen (secondary N) is 1. The number of methoxy groups -OCH3 is 1. The largest absolute Gasteiger partial charge is 0.494 e. The summed E-state index contributed by atoms with van der Waals surface area (Å²) in [6, 6.07) is 2.22. The molecule has 0 amide bonds. The third kappa shape index (κ3) is 4.32. The summed E-state index contributed by atoms with van der Waals surface area (Å²) >= 11 is 0. The van der Waals surface area contributed by atoms with Crippen molar-refractivity contribution in [1.82, 2.24) is 0 Å². The minimum absolute atomic E-state index is 0.0871. The van der Waals surface area contributed by atoms with Gasteiger partial charge < -0.3 is 14.6 Å². The smallest absolute Gasteiger partial charge is 0.338 e. The quantitative estimate of drug-likeness (QED) is 0.812. The minimum Gasteiger partial charge on any atom is -0.494 e. The van der Waals surface area contributed by atoms with E-state index in [9.17, 15) is 17.6 Å². The van der Waals surface area contributed by atoms with E-state index in [1.165, 1.54) is 13.2 Å². The maximum atomic E-state index is 14.3. The summed E-state index contributed by atoms with van der Waals surface area (Å²) in [6.45, 7) is 0.933. The molecule has 128 valence electrons. The summed E-state index contributed by atoms with van der Waals surface area (Å²) in [5, 5.41) is 8.94. The number of hydrogen-bond donors (Lipinski definition) is 2. The van der Waals surface area contributed by atoms with Gasteiger partial charge in [0.15, 0.2) is 5.82 Å². The molecule has 2 rings (SSSR count). The number of anilines is 1. The lowest BCUT2D eigenvalue weighted by atomic mass is 10.1. The monoisotopic (exact) mass is 347 g/mol. The molecular formula is C14H18FNO6S. The number of rotatable bonds is 6. The highest BCUT2D eigenvalue weighted by atomic mass is 32.2. The third-order valence-corrected chi connectivity index (χ3v) is 4.95. The van der Waals surface area contributed by atoms with Crippen molar-refractivity contribution >= 4 is 21.7 Å². The normalized spacial score (nSPS) is 18.4. The molecule has 2 N–H and O–H groups in total. The number of carboxylic acid groups (broad SMARTS) is 1. The second kappa shape index (κ2) is 7.14. The van der Waals surface area contributed by atoms with Crippen LogP contribution < -0.4 is 9.46 Å². The van der Waals surface area contributed by atoms with Crippen LogP contribution in [0, 0.1) is 11.7 Å². The van der Waals surface area contributed by atoms with E-state index in [0.717, 1.165) is 12.5 Å². The average molecular weight is 347 g/mol. The Kier molecular flexibility index (Phi) is 5.42. The van der Waals surface area contributed by atoms with Gasteiger partial charge in [0.05, 0.1) is 25.0 Å². The number of sulfonamides is 1. The molecule has 1 fully saturated rings. The molecule has 1 heterocycles. The molecule has 0 aromatic heterocycles. The van der Waals surface area contributed by atoms with Crippen LogP contribution in [0.1, 0.15) is 23.2 Å². The van der Waals surface area contributed by atoms with E-state index in [2.05, 4.69) is 4.72 Å². The first kappa shape index (κ1) is 17.5. The first-order chi connectivity index (χ1) is 10.8. The molecule has 0 aliphatic carbocycles. The number of benzene rings is 1. The van der Waals surface area contributed by atoms with E-state index in [0.29, 0.717) is 19.6 Å². The van der Waals surface area contributed by atoms with Gasteiger partial charge in [0.1, 0.15) is 11.4 Å². The van der Waals surface area contributed by atoms with Gasteiger partial charge in [-0.1, -0.05) is 0 Å². The lowest BCUT2D eigenvalue weighted by Gasteiger charge is -2.22. The third-order valence-electron chi connectivity index (χ3n) is 3.52. The predicted molar refractivity (Wildman–Crippen MR) is 80.9 cm³/mol. The van der Waals surface area contributed by atoms with Gasteiger partial charge in [0.25, 0.3) is 0 Å². The SMILES string of the molecule is COc1ccc(C(=O)O)c(F)c1NS(=O)(=O)CC1CCCOC1. The van der Waals surface area contributed by atoms with Crippen LogP contribution in [0.4, 0.5) is 10.1 Å². The van der Waals surface area contributed by atoms with Crippen LogP contribution in [0.25, 0.3) is 0 Å². The van der Waals surface area contributed by atoms with Crippen molar-refractivity contribution in [1.29, 1.82) is 0 Å². The molecule has 0 bridgehead atoms. The highest BCUT2D eigenvalue weighted by Gasteiger charge is 2.26. The van der Waals surface area contributed by atoms with Crippen LogP contribution >= 0.6 is 0 Å². The Balaban J connectivity index is 2.26. The van der Waals surface area contributed by atoms with Gasteiger partial charge in [-0.25, -0.2) is 17.6 Å². The Morgan fingerprint density at radius 2 is 2.26 bits per heavy atom. The van der Waals surface area contributed by atoms with Crippen LogP contribution in [-0.2, 0) is 14.8 Å². The van der Waals surface area contributed by atoms with Crippen molar-refractivity contribution < 1.29 is 32.2 Å². The number of carbonyl (C=O) groups is 1. The zero-order chi connectivity index (χ0) is 17.0. The molecule has 23 heavy (non-hydrogen) atoms. The molecule has 1 saturated heterocycles. The highest BCUT2D eigenvalue weighted by Crippen LogP contribution is 2.31. The van der Waals surface area contributed by atoms with E-state index < -0.39 is 33.1 Å². The Morgan fingerprint density at radius 1 is 1.52 bits per heavy atom. The molecule has 7 nitrogen and oxygen atoms in total. The summed E-state index contributed by atoms with van der Waals surface area (Å²) in [4.78, 5) is 11.0. The molecule has 1 aliphatic heterocycles. The number of aromatic carboxylic acids is 1. The van der Waals surface area contributed by atoms with Crippen molar-refractivity contribution in [2.24, 2.45) is 5.92 Å². The summed E-state index contributed by atoms with van der Waals surface area (Å²) in [5.41, 5.74) is -1.13. The molecule has 0 spiro atoms. The van der Waals surface area contributed by atoms with Gasteiger partial charge in [-0.3, -0.25) is 4.72 Å². The lowest BCUT2D eigenvalue weighted by molar-refractivity contribution is 0.0626. The van der Waals surface area contributed by atoms with Crippen molar-refractivity contribution in [3.05, 3.63) is 23.5 Å². The summed E-state index contributed by atoms with van der Waals surface area (Å²) in [7, 11) is -2.64. The number of hydrogen-bond acceptors (Lipinski definition) is 5. The number of halogens is 1. The predicted octanol–water partition coefficient (Wildman–Crippen LogP) is 1.70. The fourth-order valence-electron chi connectivity index (χ4n) is 2.44. The van der Waals surface area contributed by atoms with Gasteiger partial charge in [-0.05, 0) is 30.9 Å². The highest BCUT2D eigenvalue weighted by molar-refractivity contribution is 7.92. The minimum atomic E-state index is -3.87. The van der Waals surface area contributed by atoms with Crippen LogP contribution in [0.2, 0.25) is 0 Å². The molecule has 0 radical (unpaired) electrons. The molecule has 1 atom stereocenters. The van der Waals surface area contributed by atoms with Gasteiger partial charge in [-0.15, -0.1) is 0 Å². The first-order valence-electron chi connectivity index (χ1n) is 7.02. The van der Waals surface area contributed by atoms with E-state index in [1.807, 2.05) is 0 Å². The van der Waals surface area contributed by atoms with E-state index >= 15 is 0 Å². The Labute approximate surface area is 133 Å². The van der Waals surface area contributed by atoms with Crippen LogP contribution in [0.3, 0.4) is 0 Å². The van der Waals surface area contributed by atoms with Crippen LogP contribution in [0.5, 0.6) is 5.75 Å². The average Bonchev–Trinajstić information content (AvgIpc) is 2.49. The Bertz CT molecular complexity index is 685. The number of ether oxygens (including phenoxy) is 2. The Morgan fingerprint density at radius 3 is 2.83 bits per heavy atom. The molecule has 1 aromatic carbocycles. The summed E-state index contributed by atoms with van der Waals surface area (Å²) < 4.78 is 51.0. The molecule has 0 saturated carbocycles. The van der Waals surface area contributed by atoms with Crippen molar-refractivity contribution in [2.75, 3.05) is 30.8 Å². The standard InChI is InChI=1S/C14H18FNO6S/c1-21-11-5-4-10(14(17)18)12(15)13(11)16-23(19,20)8-9-3-2-6-22-7-9/h4-5,9,16H,2-3,6-8H2,1H3,(H,17,18). The second-order valence-electron chi connectivity index (χ2n) is 5.28. The van der Waals surface area contributed by atoms with Gasteiger partial charge in [0, 0.05) is 6.61 Å². The first-order valence-corrected chi connectivity index (χ1v) is 8.67. The molecule has 1 aromatic rings. The van der Waals surface area contributed by atoms with E-state index in [4.69, 9.17) is 14.6 Å². The van der Waals surface area contributed by atoms with E-state index in [-0.39, 0.29) is 17.4 Å². The van der Waals surface area contributed by atoms with Crippen LogP contribution in [-0.4, -0.2) is 45.6 Å². The van der Waals surface area contributed by atoms with Crippen molar-refractivity contribution in [2.45, 2.75) is 12.8 Å². The molecule has 1 unspecified atom stereocenters. The zero-order valence-corrected chi connectivity index (χ0v) is 13.4. The molecule has 1 aliphatic rings. The molecule has 9 heteroatoms. The summed E-state index contributed by atoms with van der Waals surface area (Å²) in [5.74, 6) is -3.17. The van der Waals surface area contributed by atoms with Gasteiger partial charge in [0.2, 0.25) is 10.0 Å². The fraction of sp³-hybridized carbons (Fsp3) is 0.500. The Hall–Kier alpha value is -1.87. The van der Waals surface area contributed by atoms with E-state index in [1.54, 1.807) is 0 Å². The van der Waals surface area contributed by atoms with Gasteiger partial charge in [-0.2, -0.15) is 0 Å². The lowest BCUT2D eigenvalue weighted by Crippen LogP contribution is -2.29. The fourth-order valence-corrected chi connectivity index (χ4v) is 3.90. The zero-order valence-electron chi connectivity index (χ0n) is 12.5. The van der Waals surface area contributed by atoms with Gasteiger partial charge >= 0.3 is 5.97 Å². The topological polar surface area (TPSA) is 102 Å². The number of carboxylic acids is 1. The van der Waals surface area contributed by atoms with Crippen molar-refractivity contribution in [3.8, 4) is 5.75 Å². The second-order valence-corrected chi connectivity index (χ2v) is 7.04.